The van der Waals surface area contributed by atoms with Crippen LogP contribution in [0.3, 0.4) is 0 Å². The minimum absolute atomic E-state index is 0. The third-order valence-corrected chi connectivity index (χ3v) is 3.98. The lowest BCUT2D eigenvalue weighted by Crippen LogP contribution is -2.39. The maximum atomic E-state index is 4.72. The van der Waals surface area contributed by atoms with Gasteiger partial charge in [-0.05, 0) is 31.4 Å². The number of rotatable bonds is 6. The molecule has 0 unspecified atom stereocenters. The van der Waals surface area contributed by atoms with E-state index in [9.17, 15) is 0 Å². The molecule has 0 bridgehead atoms. The number of hydrogen-bond acceptors (Lipinski definition) is 2. The zero-order valence-corrected chi connectivity index (χ0v) is 15.1. The Bertz CT molecular complexity index is 240. The quantitative estimate of drug-likeness (QED) is 0.319. The first kappa shape index (κ1) is 18.4. The average Bonchev–Trinajstić information content (AvgIpc) is 2.74. The number of thioether (sulfide) groups is 1. The third-order valence-electron chi connectivity index (χ3n) is 3.37. The van der Waals surface area contributed by atoms with Gasteiger partial charge < -0.3 is 10.6 Å². The monoisotopic (exact) mass is 385 g/mol. The number of hydrogen-bond donors (Lipinski definition) is 2. The molecule has 3 nitrogen and oxygen atoms in total. The number of nitrogens with one attached hydrogen (secondary N) is 2. The van der Waals surface area contributed by atoms with Crippen molar-refractivity contribution in [1.29, 1.82) is 0 Å². The second-order valence-corrected chi connectivity index (χ2v) is 6.12. The van der Waals surface area contributed by atoms with E-state index in [1.165, 1.54) is 25.7 Å². The van der Waals surface area contributed by atoms with E-state index in [-0.39, 0.29) is 24.0 Å². The molecule has 0 heterocycles. The Hall–Kier alpha value is 0.350. The standard InChI is InChI=1S/C13H27N3S.HI/c1-4-14-12(15-9-10-17-3)16-11-13(2)7-5-6-8-13;/h4-11H2,1-3H3,(H2,14,15,16);1H. The van der Waals surface area contributed by atoms with Crippen LogP contribution >= 0.6 is 35.7 Å². The number of nitrogens with zero attached hydrogens (tertiary/aromatic N) is 1. The summed E-state index contributed by atoms with van der Waals surface area (Å²) >= 11 is 1.86. The van der Waals surface area contributed by atoms with Crippen LogP contribution in [0.1, 0.15) is 39.5 Å². The predicted molar refractivity (Wildman–Crippen MR) is 94.4 cm³/mol. The molecule has 1 fully saturated rings. The van der Waals surface area contributed by atoms with Crippen molar-refractivity contribution in [2.24, 2.45) is 10.4 Å². The van der Waals surface area contributed by atoms with Gasteiger partial charge in [0.25, 0.3) is 0 Å². The molecule has 0 aromatic heterocycles. The van der Waals surface area contributed by atoms with Gasteiger partial charge in [0.2, 0.25) is 0 Å². The van der Waals surface area contributed by atoms with Crippen LogP contribution in [0.4, 0.5) is 0 Å². The number of guanidine groups is 1. The highest BCUT2D eigenvalue weighted by Crippen LogP contribution is 2.37. The normalized spacial score (nSPS) is 18.3. The van der Waals surface area contributed by atoms with E-state index in [2.05, 4.69) is 30.7 Å². The van der Waals surface area contributed by atoms with Crippen LogP contribution in [0.25, 0.3) is 0 Å². The SMILES string of the molecule is CCNC(=NCC1(C)CCCC1)NCCSC.I. The molecule has 0 aliphatic heterocycles. The summed E-state index contributed by atoms with van der Waals surface area (Å²) in [7, 11) is 0. The van der Waals surface area contributed by atoms with Gasteiger partial charge >= 0.3 is 0 Å². The fraction of sp³-hybridized carbons (Fsp3) is 0.923. The molecule has 5 heteroatoms. The fourth-order valence-corrected chi connectivity index (χ4v) is 2.58. The van der Waals surface area contributed by atoms with E-state index in [1.54, 1.807) is 0 Å². The van der Waals surface area contributed by atoms with Crippen molar-refractivity contribution < 1.29 is 0 Å². The lowest BCUT2D eigenvalue weighted by Gasteiger charge is -2.21. The molecule has 0 amide bonds. The highest BCUT2D eigenvalue weighted by molar-refractivity contribution is 14.0. The fourth-order valence-electron chi connectivity index (χ4n) is 2.27. The summed E-state index contributed by atoms with van der Waals surface area (Å²) in [6.07, 6.45) is 7.55. The van der Waals surface area contributed by atoms with Crippen LogP contribution in [-0.2, 0) is 0 Å². The van der Waals surface area contributed by atoms with E-state index in [0.717, 1.165) is 31.3 Å². The molecular formula is C13H28IN3S. The second kappa shape index (κ2) is 10.2. The Morgan fingerprint density at radius 1 is 1.28 bits per heavy atom. The van der Waals surface area contributed by atoms with Crippen LogP contribution in [0.15, 0.2) is 4.99 Å². The zero-order chi connectivity index (χ0) is 12.6. The molecule has 0 atom stereocenters. The zero-order valence-electron chi connectivity index (χ0n) is 11.9. The Balaban J connectivity index is 0.00000289. The molecule has 0 saturated heterocycles. The van der Waals surface area contributed by atoms with E-state index in [0.29, 0.717) is 5.41 Å². The molecule has 1 aliphatic carbocycles. The van der Waals surface area contributed by atoms with Crippen molar-refractivity contribution in [3.8, 4) is 0 Å². The van der Waals surface area contributed by atoms with Crippen LogP contribution in [0, 0.1) is 5.41 Å². The average molecular weight is 385 g/mol. The summed E-state index contributed by atoms with van der Waals surface area (Å²) in [6.45, 7) is 7.37. The molecule has 18 heavy (non-hydrogen) atoms. The molecule has 2 N–H and O–H groups in total. The maximum absolute atomic E-state index is 4.72. The highest BCUT2D eigenvalue weighted by Gasteiger charge is 2.28. The summed E-state index contributed by atoms with van der Waals surface area (Å²) < 4.78 is 0. The van der Waals surface area contributed by atoms with E-state index in [4.69, 9.17) is 4.99 Å². The first-order valence-electron chi connectivity index (χ1n) is 6.71. The topological polar surface area (TPSA) is 36.4 Å². The molecule has 1 saturated carbocycles. The Kier molecular flexibility index (Phi) is 10.4. The van der Waals surface area contributed by atoms with E-state index >= 15 is 0 Å². The summed E-state index contributed by atoms with van der Waals surface area (Å²) in [6, 6.07) is 0. The second-order valence-electron chi connectivity index (χ2n) is 5.13. The molecule has 0 aromatic carbocycles. The van der Waals surface area contributed by atoms with Crippen LogP contribution in [0.5, 0.6) is 0 Å². The largest absolute Gasteiger partial charge is 0.357 e. The highest BCUT2D eigenvalue weighted by atomic mass is 127. The molecule has 108 valence electrons. The number of aliphatic imine (C=N–C) groups is 1. The van der Waals surface area contributed by atoms with Crippen molar-refractivity contribution in [2.75, 3.05) is 31.6 Å². The van der Waals surface area contributed by atoms with Crippen molar-refractivity contribution in [3.63, 3.8) is 0 Å². The van der Waals surface area contributed by atoms with Gasteiger partial charge in [0.05, 0.1) is 0 Å². The maximum Gasteiger partial charge on any atom is 0.191 e. The van der Waals surface area contributed by atoms with Crippen LogP contribution in [0.2, 0.25) is 0 Å². The van der Waals surface area contributed by atoms with Crippen molar-refractivity contribution >= 4 is 41.7 Å². The van der Waals surface area contributed by atoms with Crippen LogP contribution < -0.4 is 10.6 Å². The predicted octanol–water partition coefficient (Wildman–Crippen LogP) is 3.10. The van der Waals surface area contributed by atoms with Gasteiger partial charge in [0.1, 0.15) is 0 Å². The van der Waals surface area contributed by atoms with Crippen molar-refractivity contribution in [2.45, 2.75) is 39.5 Å². The lowest BCUT2D eigenvalue weighted by molar-refractivity contribution is 0.350. The molecular weight excluding hydrogens is 357 g/mol. The summed E-state index contributed by atoms with van der Waals surface area (Å²) in [5.74, 6) is 2.11. The van der Waals surface area contributed by atoms with Gasteiger partial charge in [-0.25, -0.2) is 0 Å². The van der Waals surface area contributed by atoms with E-state index < -0.39 is 0 Å². The number of halogens is 1. The first-order valence-corrected chi connectivity index (χ1v) is 8.11. The van der Waals surface area contributed by atoms with Crippen LogP contribution in [-0.4, -0.2) is 37.6 Å². The first-order chi connectivity index (χ1) is 8.20. The van der Waals surface area contributed by atoms with Gasteiger partial charge in [-0.1, -0.05) is 19.8 Å². The minimum atomic E-state index is 0. The van der Waals surface area contributed by atoms with Gasteiger partial charge in [0.15, 0.2) is 5.96 Å². The van der Waals surface area contributed by atoms with Gasteiger partial charge in [0, 0.05) is 25.4 Å². The van der Waals surface area contributed by atoms with Crippen molar-refractivity contribution in [1.82, 2.24) is 10.6 Å². The Morgan fingerprint density at radius 3 is 2.50 bits per heavy atom. The van der Waals surface area contributed by atoms with Crippen molar-refractivity contribution in [3.05, 3.63) is 0 Å². The van der Waals surface area contributed by atoms with E-state index in [1.807, 2.05) is 11.8 Å². The lowest BCUT2D eigenvalue weighted by atomic mass is 9.89. The Morgan fingerprint density at radius 2 is 1.94 bits per heavy atom. The molecule has 1 rings (SSSR count). The smallest absolute Gasteiger partial charge is 0.191 e. The minimum Gasteiger partial charge on any atom is -0.357 e. The summed E-state index contributed by atoms with van der Waals surface area (Å²) in [5.41, 5.74) is 0.446. The molecule has 0 aromatic rings. The third kappa shape index (κ3) is 7.07. The molecule has 1 aliphatic rings. The van der Waals surface area contributed by atoms with Gasteiger partial charge in [-0.3, -0.25) is 4.99 Å². The molecule has 0 spiro atoms. The van der Waals surface area contributed by atoms with Gasteiger partial charge in [-0.2, -0.15) is 11.8 Å². The Labute approximate surface area is 133 Å². The summed E-state index contributed by atoms with van der Waals surface area (Å²) in [5, 5.41) is 6.69. The summed E-state index contributed by atoms with van der Waals surface area (Å²) in [4.78, 5) is 4.72. The van der Waals surface area contributed by atoms with Gasteiger partial charge in [-0.15, -0.1) is 24.0 Å². The molecule has 0 radical (unpaired) electrons.